The second-order valence-electron chi connectivity index (χ2n) is 4.31. The Balaban J connectivity index is 0.000000257. The maximum absolute atomic E-state index is 10.4. The first-order valence-electron chi connectivity index (χ1n) is 6.40. The van der Waals surface area contributed by atoms with Gasteiger partial charge in [0.15, 0.2) is 0 Å². The predicted molar refractivity (Wildman–Crippen MR) is 88.5 cm³/mol. The van der Waals surface area contributed by atoms with Crippen molar-refractivity contribution in [2.75, 3.05) is 10.9 Å². The van der Waals surface area contributed by atoms with Crippen LogP contribution in [0, 0.1) is 30.3 Å². The van der Waals surface area contributed by atoms with Crippen LogP contribution in [0.3, 0.4) is 0 Å². The minimum atomic E-state index is -0.748. The molecule has 0 bridgehead atoms. The van der Waals surface area contributed by atoms with E-state index in [-0.39, 0.29) is 17.1 Å². The van der Waals surface area contributed by atoms with Gasteiger partial charge >= 0.3 is 5.69 Å². The Bertz CT molecular complexity index is 780. The minimum absolute atomic E-state index is 0.0283. The summed E-state index contributed by atoms with van der Waals surface area (Å²) < 4.78 is 0. The van der Waals surface area contributed by atoms with Crippen molar-refractivity contribution >= 4 is 28.4 Å². The smallest absolute Gasteiger partial charge is 0.300 e. The van der Waals surface area contributed by atoms with Crippen molar-refractivity contribution in [3.63, 3.8) is 0 Å². The number of nitro groups is 3. The van der Waals surface area contributed by atoms with Crippen LogP contribution >= 0.6 is 0 Å². The molecule has 0 aliphatic heterocycles. The van der Waals surface area contributed by atoms with E-state index in [0.29, 0.717) is 5.69 Å². The van der Waals surface area contributed by atoms with E-state index in [2.05, 4.69) is 10.9 Å². The molecule has 2 aromatic rings. The van der Waals surface area contributed by atoms with Crippen molar-refractivity contribution in [1.29, 1.82) is 0 Å². The summed E-state index contributed by atoms with van der Waals surface area (Å²) in [6.45, 7) is 0. The van der Waals surface area contributed by atoms with Gasteiger partial charge in [-0.1, -0.05) is 0 Å². The Morgan fingerprint density at radius 2 is 1.24 bits per heavy atom. The number of nitro benzene ring substituents is 3. The highest BCUT2D eigenvalue weighted by atomic mass is 16.6. The molecule has 2 aromatic carbocycles. The molecule has 0 fully saturated rings. The average Bonchev–Trinajstić information content (AvgIpc) is 2.61. The molecule has 0 aromatic heterocycles. The Morgan fingerprint density at radius 3 is 1.64 bits per heavy atom. The highest BCUT2D eigenvalue weighted by Crippen LogP contribution is 2.27. The summed E-state index contributed by atoms with van der Waals surface area (Å²) in [6, 6.07) is 8.99. The zero-order valence-electron chi connectivity index (χ0n) is 12.5. The molecule has 0 radical (unpaired) electrons. The highest BCUT2D eigenvalue weighted by Gasteiger charge is 2.18. The van der Waals surface area contributed by atoms with Gasteiger partial charge in [0.05, 0.1) is 20.8 Å². The van der Waals surface area contributed by atoms with Crippen LogP contribution in [0.25, 0.3) is 0 Å². The number of nitrogens with two attached hydrogens (primary N) is 2. The fraction of sp³-hybridized carbons (Fsp3) is 0. The maximum Gasteiger partial charge on any atom is 0.300 e. The summed E-state index contributed by atoms with van der Waals surface area (Å²) in [7, 11) is 0. The molecule has 0 spiro atoms. The second kappa shape index (κ2) is 8.70. The van der Waals surface area contributed by atoms with Crippen molar-refractivity contribution in [2.45, 2.75) is 0 Å². The first-order valence-corrected chi connectivity index (χ1v) is 6.40. The number of nitrogen functional groups attached to an aromatic ring is 2. The Hall–Kier alpha value is -3.84. The number of rotatable bonds is 5. The largest absolute Gasteiger partial charge is 0.324 e. The molecule has 0 saturated carbocycles. The molecule has 0 aliphatic carbocycles. The van der Waals surface area contributed by atoms with E-state index in [1.54, 1.807) is 0 Å². The SMILES string of the molecule is NNc1ccc([N+](=O)[O-])cc1.NNc1ccc([N+](=O)[O-])cc1[N+](=O)[O-]. The van der Waals surface area contributed by atoms with Crippen LogP contribution in [0.5, 0.6) is 0 Å². The van der Waals surface area contributed by atoms with E-state index in [0.717, 1.165) is 12.1 Å². The van der Waals surface area contributed by atoms with Crippen molar-refractivity contribution in [1.82, 2.24) is 0 Å². The Morgan fingerprint density at radius 1 is 0.720 bits per heavy atom. The number of nitrogens with one attached hydrogen (secondary N) is 2. The van der Waals surface area contributed by atoms with Gasteiger partial charge in [0, 0.05) is 23.9 Å². The lowest BCUT2D eigenvalue weighted by Crippen LogP contribution is -2.09. The van der Waals surface area contributed by atoms with E-state index in [9.17, 15) is 30.3 Å². The molecular formula is C12H13N7O6. The molecule has 0 heterocycles. The molecule has 25 heavy (non-hydrogen) atoms. The monoisotopic (exact) mass is 351 g/mol. The summed E-state index contributed by atoms with van der Waals surface area (Å²) in [5.41, 5.74) is 4.41. The van der Waals surface area contributed by atoms with Crippen LogP contribution < -0.4 is 22.5 Å². The van der Waals surface area contributed by atoms with Crippen LogP contribution in [-0.2, 0) is 0 Å². The van der Waals surface area contributed by atoms with Crippen LogP contribution in [0.4, 0.5) is 28.4 Å². The lowest BCUT2D eigenvalue weighted by atomic mass is 10.2. The number of non-ortho nitro benzene ring substituents is 2. The lowest BCUT2D eigenvalue weighted by Gasteiger charge is -2.00. The van der Waals surface area contributed by atoms with Crippen molar-refractivity contribution in [3.05, 3.63) is 72.8 Å². The van der Waals surface area contributed by atoms with Gasteiger partial charge in [0.25, 0.3) is 11.4 Å². The number of hydrazine groups is 2. The van der Waals surface area contributed by atoms with E-state index in [1.165, 1.54) is 30.3 Å². The van der Waals surface area contributed by atoms with E-state index < -0.39 is 20.5 Å². The fourth-order valence-corrected chi connectivity index (χ4v) is 1.59. The van der Waals surface area contributed by atoms with Gasteiger partial charge in [-0.15, -0.1) is 0 Å². The summed E-state index contributed by atoms with van der Waals surface area (Å²) in [6.07, 6.45) is 0. The first-order chi connectivity index (χ1) is 11.8. The highest BCUT2D eigenvalue weighted by molar-refractivity contribution is 5.64. The van der Waals surface area contributed by atoms with E-state index in [1.807, 2.05) is 0 Å². The Labute approximate surface area is 139 Å². The third-order valence-corrected chi connectivity index (χ3v) is 2.79. The lowest BCUT2D eigenvalue weighted by molar-refractivity contribution is -0.393. The third kappa shape index (κ3) is 5.38. The first kappa shape index (κ1) is 19.2. The van der Waals surface area contributed by atoms with Gasteiger partial charge in [-0.05, 0) is 18.2 Å². The standard InChI is InChI=1S/C6H6N4O4.C6H7N3O2/c7-8-5-2-1-4(9(11)12)3-6(5)10(13)14;7-8-5-1-3-6(4-2-5)9(10)11/h1-3,8H,7H2;1-4,8H,7H2. The summed E-state index contributed by atoms with van der Waals surface area (Å²) >= 11 is 0. The maximum atomic E-state index is 10.4. The van der Waals surface area contributed by atoms with Crippen LogP contribution in [-0.4, -0.2) is 14.8 Å². The normalized spacial score (nSPS) is 9.36. The molecule has 0 amide bonds. The number of anilines is 2. The van der Waals surface area contributed by atoms with Crippen molar-refractivity contribution in [2.24, 2.45) is 11.7 Å². The van der Waals surface area contributed by atoms with E-state index >= 15 is 0 Å². The summed E-state index contributed by atoms with van der Waals surface area (Å²) in [5, 5.41) is 30.9. The molecule has 0 atom stereocenters. The van der Waals surface area contributed by atoms with Gasteiger partial charge in [-0.3, -0.25) is 42.0 Å². The van der Waals surface area contributed by atoms with Gasteiger partial charge in [0.2, 0.25) is 0 Å². The van der Waals surface area contributed by atoms with Gasteiger partial charge < -0.3 is 10.9 Å². The molecule has 132 valence electrons. The number of hydrogen-bond donors (Lipinski definition) is 4. The van der Waals surface area contributed by atoms with Crippen molar-refractivity contribution < 1.29 is 14.8 Å². The predicted octanol–water partition coefficient (Wildman–Crippen LogP) is 1.67. The van der Waals surface area contributed by atoms with Crippen LogP contribution in [0.1, 0.15) is 0 Å². The topological polar surface area (TPSA) is 206 Å². The molecular weight excluding hydrogens is 338 g/mol. The minimum Gasteiger partial charge on any atom is -0.324 e. The van der Waals surface area contributed by atoms with Crippen LogP contribution in [0.15, 0.2) is 42.5 Å². The Kier molecular flexibility index (Phi) is 6.69. The zero-order valence-corrected chi connectivity index (χ0v) is 12.5. The van der Waals surface area contributed by atoms with Gasteiger partial charge in [0.1, 0.15) is 5.69 Å². The van der Waals surface area contributed by atoms with Crippen molar-refractivity contribution in [3.8, 4) is 0 Å². The summed E-state index contributed by atoms with van der Waals surface area (Å²) in [5.74, 6) is 10.0. The molecule has 13 heteroatoms. The van der Waals surface area contributed by atoms with Gasteiger partial charge in [-0.25, -0.2) is 0 Å². The average molecular weight is 351 g/mol. The number of nitrogens with zero attached hydrogens (tertiary/aromatic N) is 3. The summed E-state index contributed by atoms with van der Waals surface area (Å²) in [4.78, 5) is 29.0. The molecule has 6 N–H and O–H groups in total. The molecule has 0 saturated heterocycles. The van der Waals surface area contributed by atoms with Crippen LogP contribution in [0.2, 0.25) is 0 Å². The number of hydrogen-bond acceptors (Lipinski definition) is 10. The van der Waals surface area contributed by atoms with E-state index in [4.69, 9.17) is 11.7 Å². The molecule has 13 nitrogen and oxygen atoms in total. The second-order valence-corrected chi connectivity index (χ2v) is 4.31. The van der Waals surface area contributed by atoms with Gasteiger partial charge in [-0.2, -0.15) is 0 Å². The number of benzene rings is 2. The third-order valence-electron chi connectivity index (χ3n) is 2.79. The quantitative estimate of drug-likeness (QED) is 0.348. The zero-order chi connectivity index (χ0) is 19.0. The molecule has 0 aliphatic rings. The molecule has 0 unspecified atom stereocenters. The fourth-order valence-electron chi connectivity index (χ4n) is 1.59. The molecule has 2 rings (SSSR count).